The first-order valence-electron chi connectivity index (χ1n) is 6.50. The SMILES string of the molecule is CC(C)NCC(C1CCCC1)C1CC1. The van der Waals surface area contributed by atoms with Crippen LogP contribution in [0.4, 0.5) is 0 Å². The topological polar surface area (TPSA) is 12.0 Å². The Labute approximate surface area is 88.7 Å². The lowest BCUT2D eigenvalue weighted by atomic mass is 9.86. The lowest BCUT2D eigenvalue weighted by molar-refractivity contribution is 0.281. The molecule has 0 saturated heterocycles. The molecule has 0 aromatic carbocycles. The number of nitrogens with one attached hydrogen (secondary N) is 1. The Kier molecular flexibility index (Phi) is 3.48. The molecule has 0 spiro atoms. The zero-order valence-corrected chi connectivity index (χ0v) is 9.76. The molecule has 1 unspecified atom stereocenters. The quantitative estimate of drug-likeness (QED) is 0.710. The minimum atomic E-state index is 0.664. The van der Waals surface area contributed by atoms with Gasteiger partial charge in [0.1, 0.15) is 0 Å². The molecule has 2 saturated carbocycles. The summed E-state index contributed by atoms with van der Waals surface area (Å²) in [5.74, 6) is 3.16. The van der Waals surface area contributed by atoms with E-state index in [4.69, 9.17) is 0 Å². The molecule has 0 aromatic heterocycles. The van der Waals surface area contributed by atoms with Crippen LogP contribution in [0.3, 0.4) is 0 Å². The van der Waals surface area contributed by atoms with E-state index in [0.29, 0.717) is 6.04 Å². The molecule has 82 valence electrons. The number of hydrogen-bond acceptors (Lipinski definition) is 1. The first kappa shape index (κ1) is 10.5. The minimum absolute atomic E-state index is 0.664. The monoisotopic (exact) mass is 195 g/mol. The highest BCUT2D eigenvalue weighted by atomic mass is 14.9. The minimum Gasteiger partial charge on any atom is -0.314 e. The summed E-state index contributed by atoms with van der Waals surface area (Å²) in [4.78, 5) is 0. The molecular weight excluding hydrogens is 170 g/mol. The van der Waals surface area contributed by atoms with Crippen LogP contribution in [0.25, 0.3) is 0 Å². The highest BCUT2D eigenvalue weighted by molar-refractivity contribution is 4.89. The molecule has 0 radical (unpaired) electrons. The fourth-order valence-corrected chi connectivity index (χ4v) is 3.00. The maximum atomic E-state index is 3.64. The third-order valence-corrected chi connectivity index (χ3v) is 3.99. The summed E-state index contributed by atoms with van der Waals surface area (Å²) >= 11 is 0. The zero-order valence-electron chi connectivity index (χ0n) is 9.76. The van der Waals surface area contributed by atoms with Crippen molar-refractivity contribution in [2.45, 2.75) is 58.4 Å². The third-order valence-electron chi connectivity index (χ3n) is 3.99. The molecule has 14 heavy (non-hydrogen) atoms. The van der Waals surface area contributed by atoms with E-state index >= 15 is 0 Å². The van der Waals surface area contributed by atoms with Crippen molar-refractivity contribution in [1.29, 1.82) is 0 Å². The molecule has 0 heterocycles. The zero-order chi connectivity index (χ0) is 9.97. The fraction of sp³-hybridized carbons (Fsp3) is 1.00. The van der Waals surface area contributed by atoms with Gasteiger partial charge in [-0.25, -0.2) is 0 Å². The normalized spacial score (nSPS) is 25.9. The maximum Gasteiger partial charge on any atom is 0.00104 e. The number of hydrogen-bond donors (Lipinski definition) is 1. The van der Waals surface area contributed by atoms with Crippen molar-refractivity contribution in [2.75, 3.05) is 6.54 Å². The summed E-state index contributed by atoms with van der Waals surface area (Å²) in [6.07, 6.45) is 9.05. The van der Waals surface area contributed by atoms with Gasteiger partial charge in [-0.15, -0.1) is 0 Å². The summed E-state index contributed by atoms with van der Waals surface area (Å²) < 4.78 is 0. The van der Waals surface area contributed by atoms with Gasteiger partial charge in [0.25, 0.3) is 0 Å². The average molecular weight is 195 g/mol. The molecule has 0 aliphatic heterocycles. The molecule has 0 aromatic rings. The Morgan fingerprint density at radius 2 is 1.57 bits per heavy atom. The Morgan fingerprint density at radius 3 is 2.07 bits per heavy atom. The van der Waals surface area contributed by atoms with Crippen LogP contribution < -0.4 is 5.32 Å². The highest BCUT2D eigenvalue weighted by Gasteiger charge is 2.37. The second-order valence-electron chi connectivity index (χ2n) is 5.61. The predicted molar refractivity (Wildman–Crippen MR) is 61.3 cm³/mol. The Bertz CT molecular complexity index is 166. The Balaban J connectivity index is 1.80. The second kappa shape index (κ2) is 4.65. The number of rotatable bonds is 5. The van der Waals surface area contributed by atoms with Crippen molar-refractivity contribution in [3.05, 3.63) is 0 Å². The van der Waals surface area contributed by atoms with Gasteiger partial charge in [-0.1, -0.05) is 39.5 Å². The molecule has 2 aliphatic rings. The van der Waals surface area contributed by atoms with Gasteiger partial charge in [-0.05, 0) is 37.1 Å². The smallest absolute Gasteiger partial charge is 0.00104 e. The molecular formula is C13H25N. The molecule has 1 atom stereocenters. The van der Waals surface area contributed by atoms with Gasteiger partial charge < -0.3 is 5.32 Å². The summed E-state index contributed by atoms with van der Waals surface area (Å²) in [7, 11) is 0. The molecule has 1 nitrogen and oxygen atoms in total. The summed E-state index contributed by atoms with van der Waals surface area (Å²) in [6, 6.07) is 0.664. The van der Waals surface area contributed by atoms with E-state index in [1.807, 2.05) is 0 Å². The van der Waals surface area contributed by atoms with Crippen LogP contribution in [0.5, 0.6) is 0 Å². The second-order valence-corrected chi connectivity index (χ2v) is 5.61. The van der Waals surface area contributed by atoms with E-state index < -0.39 is 0 Å². The molecule has 1 N–H and O–H groups in total. The van der Waals surface area contributed by atoms with Gasteiger partial charge in [0, 0.05) is 6.04 Å². The molecule has 2 fully saturated rings. The van der Waals surface area contributed by atoms with Crippen LogP contribution in [0.15, 0.2) is 0 Å². The van der Waals surface area contributed by atoms with Crippen LogP contribution in [0.1, 0.15) is 52.4 Å². The van der Waals surface area contributed by atoms with E-state index in [0.717, 1.165) is 17.8 Å². The van der Waals surface area contributed by atoms with Crippen LogP contribution in [0, 0.1) is 17.8 Å². The highest BCUT2D eigenvalue weighted by Crippen LogP contribution is 2.45. The lowest BCUT2D eigenvalue weighted by Crippen LogP contribution is -2.33. The van der Waals surface area contributed by atoms with Gasteiger partial charge in [-0.2, -0.15) is 0 Å². The van der Waals surface area contributed by atoms with E-state index in [9.17, 15) is 0 Å². The van der Waals surface area contributed by atoms with Crippen LogP contribution in [-0.2, 0) is 0 Å². The summed E-state index contributed by atoms with van der Waals surface area (Å²) in [5.41, 5.74) is 0. The van der Waals surface area contributed by atoms with E-state index in [1.165, 1.54) is 45.1 Å². The van der Waals surface area contributed by atoms with Gasteiger partial charge >= 0.3 is 0 Å². The van der Waals surface area contributed by atoms with E-state index in [1.54, 1.807) is 0 Å². The molecule has 0 bridgehead atoms. The van der Waals surface area contributed by atoms with Crippen molar-refractivity contribution in [3.63, 3.8) is 0 Å². The molecule has 0 amide bonds. The average Bonchev–Trinajstić information content (AvgIpc) is 2.81. The summed E-state index contributed by atoms with van der Waals surface area (Å²) in [6.45, 7) is 5.81. The van der Waals surface area contributed by atoms with Crippen molar-refractivity contribution in [3.8, 4) is 0 Å². The van der Waals surface area contributed by atoms with Gasteiger partial charge in [0.05, 0.1) is 0 Å². The fourth-order valence-electron chi connectivity index (χ4n) is 3.00. The van der Waals surface area contributed by atoms with Crippen LogP contribution >= 0.6 is 0 Å². The van der Waals surface area contributed by atoms with Crippen molar-refractivity contribution >= 4 is 0 Å². The maximum absolute atomic E-state index is 3.64. The van der Waals surface area contributed by atoms with Crippen molar-refractivity contribution < 1.29 is 0 Å². The van der Waals surface area contributed by atoms with Crippen LogP contribution in [0.2, 0.25) is 0 Å². The molecule has 1 heteroatoms. The van der Waals surface area contributed by atoms with Gasteiger partial charge in [0.15, 0.2) is 0 Å². The van der Waals surface area contributed by atoms with Gasteiger partial charge in [0.2, 0.25) is 0 Å². The standard InChI is InChI=1S/C13H25N/c1-10(2)14-9-13(12-7-8-12)11-5-3-4-6-11/h10-14H,3-9H2,1-2H3. The Morgan fingerprint density at radius 1 is 1.00 bits per heavy atom. The van der Waals surface area contributed by atoms with Crippen molar-refractivity contribution in [1.82, 2.24) is 5.32 Å². The summed E-state index contributed by atoms with van der Waals surface area (Å²) in [5, 5.41) is 3.64. The van der Waals surface area contributed by atoms with Crippen LogP contribution in [-0.4, -0.2) is 12.6 Å². The third kappa shape index (κ3) is 2.73. The van der Waals surface area contributed by atoms with Gasteiger partial charge in [-0.3, -0.25) is 0 Å². The molecule has 2 aliphatic carbocycles. The lowest BCUT2D eigenvalue weighted by Gasteiger charge is -2.24. The van der Waals surface area contributed by atoms with E-state index in [2.05, 4.69) is 19.2 Å². The largest absolute Gasteiger partial charge is 0.314 e. The Hall–Kier alpha value is -0.0400. The first-order chi connectivity index (χ1) is 6.77. The first-order valence-corrected chi connectivity index (χ1v) is 6.50. The van der Waals surface area contributed by atoms with E-state index in [-0.39, 0.29) is 0 Å². The predicted octanol–water partition coefficient (Wildman–Crippen LogP) is 3.20. The van der Waals surface area contributed by atoms with Crippen molar-refractivity contribution in [2.24, 2.45) is 17.8 Å². The molecule has 2 rings (SSSR count).